The molecule has 4 nitrogen and oxygen atoms in total. The first kappa shape index (κ1) is 16.8. The molecule has 1 aromatic carbocycles. The van der Waals surface area contributed by atoms with Crippen molar-refractivity contribution < 1.29 is 18.0 Å². The molecule has 0 unspecified atom stereocenters. The summed E-state index contributed by atoms with van der Waals surface area (Å²) in [7, 11) is 1.52. The van der Waals surface area contributed by atoms with E-state index in [1.165, 1.54) is 18.0 Å². The smallest absolute Gasteiger partial charge is 0.332 e. The molecule has 0 aliphatic heterocycles. The summed E-state index contributed by atoms with van der Waals surface area (Å²) in [5.41, 5.74) is 0.390. The van der Waals surface area contributed by atoms with Gasteiger partial charge in [-0.2, -0.15) is 13.2 Å². The van der Waals surface area contributed by atoms with E-state index in [1.807, 2.05) is 0 Å². The maximum atomic E-state index is 12.7. The van der Waals surface area contributed by atoms with Gasteiger partial charge in [-0.1, -0.05) is 18.2 Å². The van der Waals surface area contributed by atoms with Gasteiger partial charge in [0, 0.05) is 19.8 Å². The van der Waals surface area contributed by atoms with Crippen molar-refractivity contribution in [2.24, 2.45) is 0 Å². The van der Waals surface area contributed by atoms with E-state index < -0.39 is 11.7 Å². The summed E-state index contributed by atoms with van der Waals surface area (Å²) in [6.07, 6.45) is -2.77. The molecule has 2 rings (SSSR count). The fourth-order valence-corrected chi connectivity index (χ4v) is 2.00. The second-order valence-corrected chi connectivity index (χ2v) is 5.03. The molecule has 23 heavy (non-hydrogen) atoms. The number of nitrogens with one attached hydrogen (secondary N) is 1. The second kappa shape index (κ2) is 7.13. The lowest BCUT2D eigenvalue weighted by Crippen LogP contribution is -2.36. The van der Waals surface area contributed by atoms with E-state index >= 15 is 0 Å². The number of urea groups is 1. The molecule has 7 heteroatoms. The standard InChI is InChI=1S/C16H16F3N3O/c1-22(15(23)21-10-14-7-2-3-8-20-14)11-12-5-4-6-13(9-12)16(17,18)19/h2-9H,10-11H2,1H3,(H,21,23). The van der Waals surface area contributed by atoms with Crippen LogP contribution < -0.4 is 5.32 Å². The third-order valence-electron chi connectivity index (χ3n) is 3.17. The number of hydrogen-bond donors (Lipinski definition) is 1. The lowest BCUT2D eigenvalue weighted by atomic mass is 10.1. The first-order chi connectivity index (χ1) is 10.9. The highest BCUT2D eigenvalue weighted by molar-refractivity contribution is 5.73. The third-order valence-corrected chi connectivity index (χ3v) is 3.17. The van der Waals surface area contributed by atoms with Gasteiger partial charge in [-0.15, -0.1) is 0 Å². The van der Waals surface area contributed by atoms with Crippen molar-refractivity contribution in [2.45, 2.75) is 19.3 Å². The number of hydrogen-bond acceptors (Lipinski definition) is 2. The van der Waals surface area contributed by atoms with Crippen LogP contribution in [0, 0.1) is 0 Å². The number of pyridine rings is 1. The molecule has 0 fully saturated rings. The SMILES string of the molecule is CN(Cc1cccc(C(F)(F)F)c1)C(=O)NCc1ccccn1. The van der Waals surface area contributed by atoms with Crippen LogP contribution in [0.5, 0.6) is 0 Å². The van der Waals surface area contributed by atoms with Crippen LogP contribution in [0.4, 0.5) is 18.0 Å². The Morgan fingerprint density at radius 1 is 1.22 bits per heavy atom. The van der Waals surface area contributed by atoms with Gasteiger partial charge in [0.25, 0.3) is 0 Å². The van der Waals surface area contributed by atoms with Crippen LogP contribution in [-0.4, -0.2) is 23.0 Å². The van der Waals surface area contributed by atoms with E-state index in [0.29, 0.717) is 11.3 Å². The van der Waals surface area contributed by atoms with Crippen LogP contribution in [-0.2, 0) is 19.3 Å². The highest BCUT2D eigenvalue weighted by atomic mass is 19.4. The van der Waals surface area contributed by atoms with Crippen molar-refractivity contribution in [1.82, 2.24) is 15.2 Å². The minimum atomic E-state index is -4.39. The largest absolute Gasteiger partial charge is 0.416 e. The Kier molecular flexibility index (Phi) is 5.20. The molecule has 122 valence electrons. The molecule has 0 aliphatic carbocycles. The summed E-state index contributed by atoms with van der Waals surface area (Å²) < 4.78 is 38.0. The van der Waals surface area contributed by atoms with Gasteiger partial charge < -0.3 is 10.2 Å². The zero-order valence-electron chi connectivity index (χ0n) is 12.5. The van der Waals surface area contributed by atoms with E-state index in [2.05, 4.69) is 10.3 Å². The van der Waals surface area contributed by atoms with E-state index in [0.717, 1.165) is 12.1 Å². The predicted octanol–water partition coefficient (Wildman–Crippen LogP) is 3.44. The Morgan fingerprint density at radius 2 is 2.00 bits per heavy atom. The zero-order valence-corrected chi connectivity index (χ0v) is 12.5. The maximum Gasteiger partial charge on any atom is 0.416 e. The average molecular weight is 323 g/mol. The predicted molar refractivity (Wildman–Crippen MR) is 79.4 cm³/mol. The summed E-state index contributed by atoms with van der Waals surface area (Å²) in [5.74, 6) is 0. The third kappa shape index (κ3) is 4.98. The molecule has 1 heterocycles. The van der Waals surface area contributed by atoms with Gasteiger partial charge >= 0.3 is 12.2 Å². The Bertz CT molecular complexity index is 659. The van der Waals surface area contributed by atoms with Gasteiger partial charge in [0.15, 0.2) is 0 Å². The summed E-state index contributed by atoms with van der Waals surface area (Å²) >= 11 is 0. The molecule has 0 aliphatic rings. The van der Waals surface area contributed by atoms with Crippen LogP contribution in [0.15, 0.2) is 48.7 Å². The number of benzene rings is 1. The molecule has 2 amide bonds. The Morgan fingerprint density at radius 3 is 2.65 bits per heavy atom. The lowest BCUT2D eigenvalue weighted by Gasteiger charge is -2.18. The summed E-state index contributed by atoms with van der Waals surface area (Å²) in [6.45, 7) is 0.338. The molecule has 1 aromatic heterocycles. The van der Waals surface area contributed by atoms with Crippen molar-refractivity contribution in [2.75, 3.05) is 7.05 Å². The first-order valence-electron chi connectivity index (χ1n) is 6.91. The average Bonchev–Trinajstić information content (AvgIpc) is 2.53. The van der Waals surface area contributed by atoms with Crippen molar-refractivity contribution >= 4 is 6.03 Å². The lowest BCUT2D eigenvalue weighted by molar-refractivity contribution is -0.137. The van der Waals surface area contributed by atoms with Gasteiger partial charge in [0.1, 0.15) is 0 Å². The molecule has 0 spiro atoms. The van der Waals surface area contributed by atoms with Gasteiger partial charge in [0.2, 0.25) is 0 Å². The molecular weight excluding hydrogens is 307 g/mol. The normalized spacial score (nSPS) is 11.1. The maximum absolute atomic E-state index is 12.7. The molecule has 0 bridgehead atoms. The first-order valence-corrected chi connectivity index (χ1v) is 6.91. The van der Waals surface area contributed by atoms with E-state index in [-0.39, 0.29) is 19.1 Å². The van der Waals surface area contributed by atoms with Gasteiger partial charge in [-0.05, 0) is 29.8 Å². The van der Waals surface area contributed by atoms with E-state index in [4.69, 9.17) is 0 Å². The minimum absolute atomic E-state index is 0.0813. The van der Waals surface area contributed by atoms with Crippen LogP contribution in [0.2, 0.25) is 0 Å². The van der Waals surface area contributed by atoms with Crippen LogP contribution in [0.1, 0.15) is 16.8 Å². The van der Waals surface area contributed by atoms with Gasteiger partial charge in [-0.25, -0.2) is 4.79 Å². The monoisotopic (exact) mass is 323 g/mol. The Labute approximate surface area is 132 Å². The molecule has 0 saturated carbocycles. The van der Waals surface area contributed by atoms with Crippen molar-refractivity contribution in [3.63, 3.8) is 0 Å². The number of halogens is 3. The Hall–Kier alpha value is -2.57. The number of carbonyl (C=O) groups is 1. The zero-order chi connectivity index (χ0) is 16.9. The molecule has 0 atom stereocenters. The number of rotatable bonds is 4. The fraction of sp³-hybridized carbons (Fsp3) is 0.250. The van der Waals surface area contributed by atoms with Crippen molar-refractivity contribution in [1.29, 1.82) is 0 Å². The highest BCUT2D eigenvalue weighted by Gasteiger charge is 2.30. The quantitative estimate of drug-likeness (QED) is 0.937. The van der Waals surface area contributed by atoms with Crippen LogP contribution in [0.25, 0.3) is 0 Å². The summed E-state index contributed by atoms with van der Waals surface area (Å²) in [4.78, 5) is 17.4. The number of alkyl halides is 3. The molecule has 0 radical (unpaired) electrons. The number of amides is 2. The fourth-order valence-electron chi connectivity index (χ4n) is 2.00. The van der Waals surface area contributed by atoms with Crippen LogP contribution >= 0.6 is 0 Å². The molecule has 1 N–H and O–H groups in total. The minimum Gasteiger partial charge on any atom is -0.332 e. The number of carbonyl (C=O) groups excluding carboxylic acids is 1. The second-order valence-electron chi connectivity index (χ2n) is 5.03. The Balaban J connectivity index is 1.93. The van der Waals surface area contributed by atoms with Gasteiger partial charge in [-0.3, -0.25) is 4.98 Å². The van der Waals surface area contributed by atoms with Gasteiger partial charge in [0.05, 0.1) is 17.8 Å². The summed E-state index contributed by atoms with van der Waals surface area (Å²) in [5, 5.41) is 2.67. The van der Waals surface area contributed by atoms with E-state index in [9.17, 15) is 18.0 Å². The number of nitrogens with zero attached hydrogens (tertiary/aromatic N) is 2. The highest BCUT2D eigenvalue weighted by Crippen LogP contribution is 2.29. The van der Waals surface area contributed by atoms with Crippen molar-refractivity contribution in [3.8, 4) is 0 Å². The van der Waals surface area contributed by atoms with E-state index in [1.54, 1.807) is 30.5 Å². The van der Waals surface area contributed by atoms with Crippen LogP contribution in [0.3, 0.4) is 0 Å². The molecule has 0 saturated heterocycles. The van der Waals surface area contributed by atoms with Crippen molar-refractivity contribution in [3.05, 3.63) is 65.5 Å². The topological polar surface area (TPSA) is 45.2 Å². The molecule has 2 aromatic rings. The molecular formula is C16H16F3N3O. The number of aromatic nitrogens is 1. The summed E-state index contributed by atoms with van der Waals surface area (Å²) in [6, 6.07) is 9.90.